The quantitative estimate of drug-likeness (QED) is 0.577. The molecular weight excluding hydrogens is 234 g/mol. The Morgan fingerprint density at radius 1 is 1.24 bits per heavy atom. The molecule has 91 valence electrons. The van der Waals surface area contributed by atoms with Crippen molar-refractivity contribution in [1.82, 2.24) is 0 Å². The fourth-order valence-corrected chi connectivity index (χ4v) is 2.25. The van der Waals surface area contributed by atoms with Gasteiger partial charge in [0.1, 0.15) is 12.8 Å². The molecule has 0 saturated heterocycles. The number of benzene rings is 1. The topological polar surface area (TPSA) is 21.6 Å². The van der Waals surface area contributed by atoms with Crippen LogP contribution in [0.25, 0.3) is 0 Å². The van der Waals surface area contributed by atoms with E-state index in [2.05, 4.69) is 11.4 Å². The number of halogens is 1. The van der Waals surface area contributed by atoms with Crippen LogP contribution >= 0.6 is 11.6 Å². The zero-order valence-corrected chi connectivity index (χ0v) is 10.6. The molecule has 0 aliphatic heterocycles. The maximum Gasteiger partial charge on any atom is 0.143 e. The minimum Gasteiger partial charge on any atom is -0.391 e. The minimum absolute atomic E-state index is 0.416. The predicted molar refractivity (Wildman–Crippen MR) is 70.3 cm³/mol. The summed E-state index contributed by atoms with van der Waals surface area (Å²) in [7, 11) is 0. The molecule has 0 spiro atoms. The zero-order chi connectivity index (χ0) is 11.9. The number of hydrogen-bond acceptors (Lipinski definition) is 2. The van der Waals surface area contributed by atoms with Gasteiger partial charge in [-0.3, -0.25) is 0 Å². The third kappa shape index (κ3) is 4.04. The average molecular weight is 251 g/mol. The van der Waals surface area contributed by atoms with Crippen molar-refractivity contribution in [2.75, 3.05) is 0 Å². The summed E-state index contributed by atoms with van der Waals surface area (Å²) < 4.78 is 0. The molecule has 0 bridgehead atoms. The highest BCUT2D eigenvalue weighted by molar-refractivity contribution is 6.31. The van der Waals surface area contributed by atoms with Gasteiger partial charge in [0.25, 0.3) is 0 Å². The SMILES string of the molecule is Clc1ccccc1CO/N=[C]\C1CCCCC1. The number of hydrogen-bond donors (Lipinski definition) is 0. The first kappa shape index (κ1) is 12.4. The molecule has 1 aliphatic rings. The van der Waals surface area contributed by atoms with E-state index in [0.29, 0.717) is 12.5 Å². The van der Waals surface area contributed by atoms with Gasteiger partial charge in [0.2, 0.25) is 0 Å². The third-order valence-electron chi connectivity index (χ3n) is 3.08. The van der Waals surface area contributed by atoms with Gasteiger partial charge in [-0.25, -0.2) is 0 Å². The lowest BCUT2D eigenvalue weighted by atomic mass is 9.90. The highest BCUT2D eigenvalue weighted by atomic mass is 35.5. The van der Waals surface area contributed by atoms with Gasteiger partial charge >= 0.3 is 0 Å². The predicted octanol–water partition coefficient (Wildman–Crippen LogP) is 4.30. The Bertz CT molecular complexity index is 372. The standard InChI is InChI=1S/C14H17ClNO/c15-14-9-5-4-8-13(14)11-17-16-10-12-6-2-1-3-7-12/h4-5,8-9,12H,1-3,6-7,11H2. The van der Waals surface area contributed by atoms with E-state index in [0.717, 1.165) is 10.6 Å². The van der Waals surface area contributed by atoms with Crippen molar-refractivity contribution in [3.05, 3.63) is 34.9 Å². The summed E-state index contributed by atoms with van der Waals surface area (Å²) >= 11 is 6.01. The lowest BCUT2D eigenvalue weighted by Crippen LogP contribution is -2.07. The van der Waals surface area contributed by atoms with Crippen LogP contribution in [0.2, 0.25) is 5.02 Å². The Morgan fingerprint density at radius 3 is 2.76 bits per heavy atom. The molecule has 1 saturated carbocycles. The minimum atomic E-state index is 0.416. The Labute approximate surface area is 108 Å². The monoisotopic (exact) mass is 250 g/mol. The molecule has 1 fully saturated rings. The fourth-order valence-electron chi connectivity index (χ4n) is 2.06. The number of nitrogens with zero attached hydrogens (tertiary/aromatic N) is 1. The van der Waals surface area contributed by atoms with E-state index in [1.54, 1.807) is 0 Å². The molecule has 17 heavy (non-hydrogen) atoms. The second-order valence-electron chi connectivity index (χ2n) is 4.42. The van der Waals surface area contributed by atoms with E-state index in [9.17, 15) is 0 Å². The van der Waals surface area contributed by atoms with Crippen LogP contribution in [0.15, 0.2) is 29.4 Å². The summed E-state index contributed by atoms with van der Waals surface area (Å²) in [6.07, 6.45) is 9.38. The van der Waals surface area contributed by atoms with Gasteiger partial charge in [-0.2, -0.15) is 0 Å². The molecule has 1 aliphatic carbocycles. The number of rotatable bonds is 4. The van der Waals surface area contributed by atoms with E-state index in [1.165, 1.54) is 32.1 Å². The van der Waals surface area contributed by atoms with Crippen LogP contribution in [0, 0.1) is 5.92 Å². The lowest BCUT2D eigenvalue weighted by molar-refractivity contribution is 0.130. The summed E-state index contributed by atoms with van der Waals surface area (Å²) in [5.74, 6) is 0.481. The van der Waals surface area contributed by atoms with Crippen LogP contribution in [0.4, 0.5) is 0 Å². The Balaban J connectivity index is 1.75. The summed E-state index contributed by atoms with van der Waals surface area (Å²) in [5, 5.41) is 4.65. The first-order valence-corrected chi connectivity index (χ1v) is 6.55. The molecule has 3 heteroatoms. The van der Waals surface area contributed by atoms with Crippen LogP contribution in [0.5, 0.6) is 0 Å². The maximum atomic E-state index is 6.01. The normalized spacial score (nSPS) is 17.5. The van der Waals surface area contributed by atoms with Crippen molar-refractivity contribution in [1.29, 1.82) is 0 Å². The molecule has 2 nitrogen and oxygen atoms in total. The van der Waals surface area contributed by atoms with Crippen molar-refractivity contribution in [3.8, 4) is 0 Å². The third-order valence-corrected chi connectivity index (χ3v) is 3.45. The van der Waals surface area contributed by atoms with Crippen LogP contribution in [0.3, 0.4) is 0 Å². The highest BCUT2D eigenvalue weighted by Crippen LogP contribution is 2.22. The Morgan fingerprint density at radius 2 is 2.00 bits per heavy atom. The van der Waals surface area contributed by atoms with Gasteiger partial charge < -0.3 is 4.84 Å². The van der Waals surface area contributed by atoms with Gasteiger partial charge in [-0.15, -0.1) is 0 Å². The van der Waals surface area contributed by atoms with Gasteiger partial charge in [0, 0.05) is 16.5 Å². The van der Waals surface area contributed by atoms with Crippen LogP contribution < -0.4 is 0 Å². The van der Waals surface area contributed by atoms with Crippen molar-refractivity contribution < 1.29 is 4.84 Å². The van der Waals surface area contributed by atoms with Gasteiger partial charge in [-0.05, 0) is 18.9 Å². The molecule has 0 N–H and O–H groups in total. The van der Waals surface area contributed by atoms with Gasteiger partial charge in [0.15, 0.2) is 0 Å². The molecule has 2 rings (SSSR count). The first-order chi connectivity index (χ1) is 8.36. The summed E-state index contributed by atoms with van der Waals surface area (Å²) in [6, 6.07) is 7.65. The summed E-state index contributed by atoms with van der Waals surface area (Å²) in [4.78, 5) is 5.23. The molecule has 0 atom stereocenters. The highest BCUT2D eigenvalue weighted by Gasteiger charge is 2.11. The van der Waals surface area contributed by atoms with E-state index in [-0.39, 0.29) is 0 Å². The maximum absolute atomic E-state index is 6.01. The fraction of sp³-hybridized carbons (Fsp3) is 0.500. The lowest BCUT2D eigenvalue weighted by Gasteiger charge is -2.15. The Hall–Kier alpha value is -1.02. The van der Waals surface area contributed by atoms with E-state index < -0.39 is 0 Å². The van der Waals surface area contributed by atoms with Gasteiger partial charge in [0.05, 0.1) is 0 Å². The Kier molecular flexibility index (Phi) is 4.87. The molecule has 1 aromatic carbocycles. The summed E-state index contributed by atoms with van der Waals surface area (Å²) in [5.41, 5.74) is 0.961. The largest absolute Gasteiger partial charge is 0.391 e. The van der Waals surface area contributed by atoms with Crippen molar-refractivity contribution in [3.63, 3.8) is 0 Å². The molecular formula is C14H17ClNO. The van der Waals surface area contributed by atoms with E-state index >= 15 is 0 Å². The second kappa shape index (κ2) is 6.65. The molecule has 1 radical (unpaired) electrons. The van der Waals surface area contributed by atoms with Crippen LogP contribution in [-0.2, 0) is 11.4 Å². The first-order valence-electron chi connectivity index (χ1n) is 6.17. The second-order valence-corrected chi connectivity index (χ2v) is 4.83. The van der Waals surface area contributed by atoms with Crippen molar-refractivity contribution in [2.24, 2.45) is 11.1 Å². The molecule has 1 aromatic rings. The smallest absolute Gasteiger partial charge is 0.143 e. The van der Waals surface area contributed by atoms with Crippen LogP contribution in [0.1, 0.15) is 37.7 Å². The zero-order valence-electron chi connectivity index (χ0n) is 9.86. The van der Waals surface area contributed by atoms with Crippen molar-refractivity contribution >= 4 is 17.8 Å². The molecule has 0 unspecified atom stereocenters. The molecule has 0 amide bonds. The van der Waals surface area contributed by atoms with Crippen LogP contribution in [-0.4, -0.2) is 6.21 Å². The van der Waals surface area contributed by atoms with E-state index in [4.69, 9.17) is 16.4 Å². The summed E-state index contributed by atoms with van der Waals surface area (Å²) in [6.45, 7) is 0.416. The van der Waals surface area contributed by atoms with Gasteiger partial charge in [-0.1, -0.05) is 54.2 Å². The molecule has 0 aromatic heterocycles. The molecule has 0 heterocycles. The van der Waals surface area contributed by atoms with Crippen molar-refractivity contribution in [2.45, 2.75) is 38.7 Å². The average Bonchev–Trinajstić information content (AvgIpc) is 2.38. The van der Waals surface area contributed by atoms with E-state index in [1.807, 2.05) is 24.3 Å².